The van der Waals surface area contributed by atoms with Crippen molar-refractivity contribution in [2.45, 2.75) is 10.9 Å². The van der Waals surface area contributed by atoms with E-state index in [4.69, 9.17) is 5.73 Å². The van der Waals surface area contributed by atoms with E-state index < -0.39 is 0 Å². The summed E-state index contributed by atoms with van der Waals surface area (Å²) in [5, 5.41) is 6.67. The van der Waals surface area contributed by atoms with Gasteiger partial charge >= 0.3 is 0 Å². The molecule has 0 aromatic carbocycles. The van der Waals surface area contributed by atoms with Gasteiger partial charge in [-0.05, 0) is 11.4 Å². The second kappa shape index (κ2) is 4.59. The number of aromatic nitrogens is 3. The number of nitrogen functional groups attached to an aromatic ring is 1. The fourth-order valence-electron chi connectivity index (χ4n) is 1.37. The number of hydrogen-bond acceptors (Lipinski definition) is 7. The maximum absolute atomic E-state index is 5.88. The molecule has 0 bridgehead atoms. The lowest BCUT2D eigenvalue weighted by Gasteiger charge is -2.00. The van der Waals surface area contributed by atoms with E-state index in [2.05, 4.69) is 15.0 Å². The second-order valence-corrected chi connectivity index (χ2v) is 6.06. The summed E-state index contributed by atoms with van der Waals surface area (Å²) in [6.07, 6.45) is 1.80. The molecule has 2 N–H and O–H groups in total. The van der Waals surface area contributed by atoms with E-state index in [0.717, 1.165) is 21.0 Å². The van der Waals surface area contributed by atoms with Gasteiger partial charge in [0.05, 0.1) is 11.1 Å². The summed E-state index contributed by atoms with van der Waals surface area (Å²) in [7, 11) is 0. The Kier molecular flexibility index (Phi) is 2.96. The molecule has 3 rings (SSSR count). The molecule has 0 amide bonds. The van der Waals surface area contributed by atoms with E-state index in [9.17, 15) is 0 Å². The van der Waals surface area contributed by atoms with E-state index >= 15 is 0 Å². The lowest BCUT2D eigenvalue weighted by atomic mass is 10.4. The van der Waals surface area contributed by atoms with Crippen LogP contribution >= 0.6 is 34.4 Å². The third-order valence-electron chi connectivity index (χ3n) is 2.14. The van der Waals surface area contributed by atoms with Crippen LogP contribution in [0.5, 0.6) is 0 Å². The van der Waals surface area contributed by atoms with Crippen LogP contribution in [0.2, 0.25) is 0 Å². The van der Waals surface area contributed by atoms with Crippen LogP contribution < -0.4 is 5.73 Å². The van der Waals surface area contributed by atoms with Crippen LogP contribution in [0.3, 0.4) is 0 Å². The predicted octanol–water partition coefficient (Wildman–Crippen LogP) is 3.02. The highest BCUT2D eigenvalue weighted by atomic mass is 32.2. The Labute approximate surface area is 110 Å². The summed E-state index contributed by atoms with van der Waals surface area (Å²) in [6.45, 7) is 0. The van der Waals surface area contributed by atoms with Gasteiger partial charge in [0.2, 0.25) is 0 Å². The fraction of sp³-hybridized carbons (Fsp3) is 0.100. The van der Waals surface area contributed by atoms with Gasteiger partial charge in [-0.15, -0.1) is 22.7 Å². The normalized spacial score (nSPS) is 11.1. The minimum absolute atomic E-state index is 0.554. The van der Waals surface area contributed by atoms with Crippen molar-refractivity contribution >= 4 is 50.5 Å². The Morgan fingerprint density at radius 2 is 2.18 bits per heavy atom. The largest absolute Gasteiger partial charge is 0.383 e. The van der Waals surface area contributed by atoms with Crippen LogP contribution in [-0.4, -0.2) is 15.0 Å². The van der Waals surface area contributed by atoms with Crippen LogP contribution in [0.4, 0.5) is 5.82 Å². The highest BCUT2D eigenvalue weighted by Gasteiger charge is 2.07. The van der Waals surface area contributed by atoms with Crippen molar-refractivity contribution < 1.29 is 0 Å². The van der Waals surface area contributed by atoms with Gasteiger partial charge in [0, 0.05) is 11.6 Å². The van der Waals surface area contributed by atoms with E-state index in [1.54, 1.807) is 40.6 Å². The first-order chi connectivity index (χ1) is 8.33. The number of fused-ring (bicyclic) bond motifs is 1. The van der Waals surface area contributed by atoms with Crippen LogP contribution in [-0.2, 0) is 5.75 Å². The monoisotopic (exact) mass is 280 g/mol. The molecule has 0 aliphatic heterocycles. The Bertz CT molecular complexity index is 632. The quantitative estimate of drug-likeness (QED) is 0.590. The smallest absolute Gasteiger partial charge is 0.191 e. The fourth-order valence-corrected chi connectivity index (χ4v) is 3.70. The number of anilines is 1. The van der Waals surface area contributed by atoms with Crippen molar-refractivity contribution in [3.8, 4) is 0 Å². The first-order valence-electron chi connectivity index (χ1n) is 4.85. The molecule has 0 unspecified atom stereocenters. The lowest BCUT2D eigenvalue weighted by Crippen LogP contribution is -1.95. The van der Waals surface area contributed by atoms with Crippen molar-refractivity contribution in [2.75, 3.05) is 5.73 Å². The van der Waals surface area contributed by atoms with Crippen molar-refractivity contribution in [3.63, 3.8) is 0 Å². The number of thioether (sulfide) groups is 1. The highest BCUT2D eigenvalue weighted by Crippen LogP contribution is 2.27. The Balaban J connectivity index is 1.85. The van der Waals surface area contributed by atoms with Crippen molar-refractivity contribution in [3.05, 3.63) is 28.0 Å². The number of nitrogens with zero attached hydrogens (tertiary/aromatic N) is 3. The molecule has 4 nitrogen and oxygen atoms in total. The molecule has 0 aliphatic carbocycles. The predicted molar refractivity (Wildman–Crippen MR) is 73.5 cm³/mol. The summed E-state index contributed by atoms with van der Waals surface area (Å²) in [5.41, 5.74) is 5.88. The molecule has 17 heavy (non-hydrogen) atoms. The van der Waals surface area contributed by atoms with Crippen molar-refractivity contribution in [1.82, 2.24) is 15.0 Å². The summed E-state index contributed by atoms with van der Waals surface area (Å²) in [5.74, 6) is 1.34. The molecule has 0 fully saturated rings. The number of thiophene rings is 1. The molecule has 0 radical (unpaired) electrons. The molecule has 3 aromatic rings. The summed E-state index contributed by atoms with van der Waals surface area (Å²) < 4.78 is 0. The first-order valence-corrected chi connectivity index (χ1v) is 7.59. The molecule has 3 aromatic heterocycles. The molecule has 0 saturated carbocycles. The standard InChI is InChI=1S/C10H8N4S3/c11-8-6-1-3-16-9(6)14-10(13-8)17-5-7-12-2-4-15-7/h1-4H,5H2,(H2,11,13,14). The topological polar surface area (TPSA) is 64.7 Å². The van der Waals surface area contributed by atoms with E-state index in [0.29, 0.717) is 11.0 Å². The van der Waals surface area contributed by atoms with Crippen LogP contribution in [0, 0.1) is 0 Å². The molecule has 0 aliphatic rings. The molecule has 0 atom stereocenters. The molecule has 3 heterocycles. The number of thiazole rings is 1. The summed E-state index contributed by atoms with van der Waals surface area (Å²) in [6, 6.07) is 1.95. The third kappa shape index (κ3) is 2.26. The molecule has 7 heteroatoms. The molecular formula is C10H8N4S3. The SMILES string of the molecule is Nc1nc(SCc2nccs2)nc2sccc12. The molecular weight excluding hydrogens is 272 g/mol. The Morgan fingerprint density at radius 1 is 1.24 bits per heavy atom. The van der Waals surface area contributed by atoms with Gasteiger partial charge in [-0.25, -0.2) is 15.0 Å². The van der Waals surface area contributed by atoms with Crippen LogP contribution in [0.25, 0.3) is 10.2 Å². The van der Waals surface area contributed by atoms with E-state index in [-0.39, 0.29) is 0 Å². The van der Waals surface area contributed by atoms with Gasteiger partial charge in [-0.3, -0.25) is 0 Å². The maximum atomic E-state index is 5.88. The van der Waals surface area contributed by atoms with E-state index in [1.165, 1.54) is 0 Å². The first kappa shape index (κ1) is 10.9. The minimum atomic E-state index is 0.554. The maximum Gasteiger partial charge on any atom is 0.191 e. The van der Waals surface area contributed by atoms with Gasteiger partial charge < -0.3 is 5.73 Å². The average Bonchev–Trinajstić information content (AvgIpc) is 2.97. The van der Waals surface area contributed by atoms with Gasteiger partial charge in [0.1, 0.15) is 15.7 Å². The number of rotatable bonds is 3. The third-order valence-corrected chi connectivity index (χ3v) is 4.77. The van der Waals surface area contributed by atoms with E-state index in [1.807, 2.05) is 16.8 Å². The average molecular weight is 280 g/mol. The Hall–Kier alpha value is -1.18. The van der Waals surface area contributed by atoms with Crippen molar-refractivity contribution in [2.24, 2.45) is 0 Å². The van der Waals surface area contributed by atoms with Gasteiger partial charge in [0.15, 0.2) is 5.16 Å². The molecule has 0 spiro atoms. The molecule has 0 saturated heterocycles. The summed E-state index contributed by atoms with van der Waals surface area (Å²) >= 11 is 4.78. The second-order valence-electron chi connectivity index (χ2n) is 3.25. The zero-order valence-electron chi connectivity index (χ0n) is 8.66. The molecule has 86 valence electrons. The minimum Gasteiger partial charge on any atom is -0.383 e. The zero-order valence-corrected chi connectivity index (χ0v) is 11.1. The highest BCUT2D eigenvalue weighted by molar-refractivity contribution is 7.98. The van der Waals surface area contributed by atoms with Gasteiger partial charge in [-0.1, -0.05) is 11.8 Å². The lowest BCUT2D eigenvalue weighted by molar-refractivity contribution is 1.02. The van der Waals surface area contributed by atoms with Gasteiger partial charge in [0.25, 0.3) is 0 Å². The van der Waals surface area contributed by atoms with Crippen LogP contribution in [0.15, 0.2) is 28.2 Å². The van der Waals surface area contributed by atoms with Crippen molar-refractivity contribution in [1.29, 1.82) is 0 Å². The van der Waals surface area contributed by atoms with Gasteiger partial charge in [-0.2, -0.15) is 0 Å². The zero-order chi connectivity index (χ0) is 11.7. The number of hydrogen-bond donors (Lipinski definition) is 1. The van der Waals surface area contributed by atoms with Crippen LogP contribution in [0.1, 0.15) is 5.01 Å². The number of nitrogens with two attached hydrogens (primary N) is 1. The Morgan fingerprint density at radius 3 is 3.00 bits per heavy atom. The summed E-state index contributed by atoms with van der Waals surface area (Å²) in [4.78, 5) is 13.9.